The van der Waals surface area contributed by atoms with Crippen molar-refractivity contribution in [3.05, 3.63) is 28.2 Å². The van der Waals surface area contributed by atoms with E-state index < -0.39 is 0 Å². The molecule has 0 aliphatic carbocycles. The van der Waals surface area contributed by atoms with Crippen LogP contribution in [0.5, 0.6) is 0 Å². The van der Waals surface area contributed by atoms with Crippen LogP contribution in [0.25, 0.3) is 0 Å². The average molecular weight is 178 g/mol. The Morgan fingerprint density at radius 2 is 1.70 bits per heavy atom. The number of anilines is 1. The molecule has 54 valence electrons. The summed E-state index contributed by atoms with van der Waals surface area (Å²) in [5, 5.41) is 1.17. The Morgan fingerprint density at radius 1 is 1.20 bits per heavy atom. The molecular formula is C6H7Cl2N2+. The van der Waals surface area contributed by atoms with Gasteiger partial charge in [-0.15, -0.1) is 0 Å². The number of halogens is 2. The van der Waals surface area contributed by atoms with Crippen molar-refractivity contribution in [2.24, 2.45) is 0 Å². The second-order valence-corrected chi connectivity index (χ2v) is 2.59. The highest BCUT2D eigenvalue weighted by Crippen LogP contribution is 2.27. The van der Waals surface area contributed by atoms with Crippen LogP contribution >= 0.6 is 23.2 Å². The number of para-hydroxylation sites is 1. The molecule has 0 atom stereocenters. The molecule has 1 rings (SSSR count). The van der Waals surface area contributed by atoms with Crippen molar-refractivity contribution in [1.82, 2.24) is 0 Å². The third kappa shape index (κ3) is 1.34. The van der Waals surface area contributed by atoms with Crippen molar-refractivity contribution in [2.75, 3.05) is 5.43 Å². The van der Waals surface area contributed by atoms with Crippen LogP contribution in [0.15, 0.2) is 18.2 Å². The second-order valence-electron chi connectivity index (χ2n) is 1.77. The van der Waals surface area contributed by atoms with Gasteiger partial charge in [0.15, 0.2) is 0 Å². The third-order valence-electron chi connectivity index (χ3n) is 1.14. The minimum absolute atomic E-state index is 0.586. The first-order valence-corrected chi connectivity index (χ1v) is 3.48. The Kier molecular flexibility index (Phi) is 2.38. The smallest absolute Gasteiger partial charge is 0.122 e. The van der Waals surface area contributed by atoms with E-state index in [9.17, 15) is 0 Å². The fraction of sp³-hybridized carbons (Fsp3) is 0. The Hall–Kier alpha value is -0.440. The normalized spacial score (nSPS) is 9.50. The molecule has 4 N–H and O–H groups in total. The molecule has 0 bridgehead atoms. The SMILES string of the molecule is [NH3+]Nc1c(Cl)cccc1Cl. The lowest BCUT2D eigenvalue weighted by Gasteiger charge is -2.00. The van der Waals surface area contributed by atoms with Gasteiger partial charge in [0.2, 0.25) is 0 Å². The van der Waals surface area contributed by atoms with Gasteiger partial charge in [-0.3, -0.25) is 5.84 Å². The Bertz CT molecular complexity index is 217. The summed E-state index contributed by atoms with van der Waals surface area (Å²) >= 11 is 11.5. The number of hydrogen-bond donors (Lipinski definition) is 2. The van der Waals surface area contributed by atoms with Crippen molar-refractivity contribution in [1.29, 1.82) is 0 Å². The van der Waals surface area contributed by atoms with Crippen LogP contribution in [0.4, 0.5) is 5.69 Å². The first-order chi connectivity index (χ1) is 4.75. The highest BCUT2D eigenvalue weighted by atomic mass is 35.5. The molecule has 2 nitrogen and oxygen atoms in total. The minimum atomic E-state index is 0.586. The molecule has 0 unspecified atom stereocenters. The summed E-state index contributed by atoms with van der Waals surface area (Å²) in [6, 6.07) is 5.29. The molecule has 0 aliphatic heterocycles. The van der Waals surface area contributed by atoms with Crippen LogP contribution in [0, 0.1) is 0 Å². The topological polar surface area (TPSA) is 39.7 Å². The molecule has 1 aromatic carbocycles. The standard InChI is InChI=1S/C6H6Cl2N2/c7-4-2-1-3-5(8)6(4)10-9/h1-3,10H,9H2/p+1. The van der Waals surface area contributed by atoms with E-state index >= 15 is 0 Å². The molecule has 0 aromatic heterocycles. The number of benzene rings is 1. The van der Waals surface area contributed by atoms with E-state index in [4.69, 9.17) is 23.2 Å². The van der Waals surface area contributed by atoms with E-state index in [0.29, 0.717) is 15.7 Å². The van der Waals surface area contributed by atoms with Gasteiger partial charge in [-0.1, -0.05) is 29.3 Å². The number of quaternary nitrogens is 1. The van der Waals surface area contributed by atoms with Gasteiger partial charge in [-0.2, -0.15) is 0 Å². The minimum Gasteiger partial charge on any atom is -0.258 e. The third-order valence-corrected chi connectivity index (χ3v) is 1.77. The summed E-state index contributed by atoms with van der Waals surface area (Å²) in [6.45, 7) is 0. The Labute approximate surface area is 68.9 Å². The Morgan fingerprint density at radius 3 is 2.00 bits per heavy atom. The predicted molar refractivity (Wildman–Crippen MR) is 43.0 cm³/mol. The molecule has 0 saturated heterocycles. The predicted octanol–water partition coefficient (Wildman–Crippen LogP) is 1.56. The lowest BCUT2D eigenvalue weighted by atomic mass is 10.3. The average Bonchev–Trinajstić information content (AvgIpc) is 1.88. The molecule has 0 aliphatic rings. The second kappa shape index (κ2) is 3.10. The van der Waals surface area contributed by atoms with Crippen molar-refractivity contribution in [3.63, 3.8) is 0 Å². The molecule has 0 radical (unpaired) electrons. The summed E-state index contributed by atoms with van der Waals surface area (Å²) in [5.74, 6) is 3.46. The van der Waals surface area contributed by atoms with Crippen molar-refractivity contribution in [2.45, 2.75) is 0 Å². The molecule has 1 aromatic rings. The van der Waals surface area contributed by atoms with Gasteiger partial charge in [-0.05, 0) is 12.1 Å². The molecule has 0 spiro atoms. The van der Waals surface area contributed by atoms with Gasteiger partial charge >= 0.3 is 0 Å². The summed E-state index contributed by atoms with van der Waals surface area (Å²) < 4.78 is 0. The van der Waals surface area contributed by atoms with Crippen LogP contribution in [-0.4, -0.2) is 0 Å². The van der Waals surface area contributed by atoms with Gasteiger partial charge in [0.1, 0.15) is 5.69 Å². The zero-order valence-corrected chi connectivity index (χ0v) is 6.71. The molecular weight excluding hydrogens is 171 g/mol. The van der Waals surface area contributed by atoms with Gasteiger partial charge in [0.05, 0.1) is 10.0 Å². The van der Waals surface area contributed by atoms with E-state index in [0.717, 1.165) is 0 Å². The van der Waals surface area contributed by atoms with E-state index in [2.05, 4.69) is 11.3 Å². The quantitative estimate of drug-likeness (QED) is 0.629. The molecule has 0 fully saturated rings. The fourth-order valence-electron chi connectivity index (χ4n) is 0.667. The Balaban J connectivity index is 3.17. The van der Waals surface area contributed by atoms with Crippen molar-refractivity contribution >= 4 is 28.9 Å². The van der Waals surface area contributed by atoms with Gasteiger partial charge in [0, 0.05) is 0 Å². The summed E-state index contributed by atoms with van der Waals surface area (Å²) in [5.41, 5.74) is 3.32. The van der Waals surface area contributed by atoms with Crippen molar-refractivity contribution in [3.8, 4) is 0 Å². The zero-order chi connectivity index (χ0) is 7.56. The van der Waals surface area contributed by atoms with Gasteiger partial charge < -0.3 is 0 Å². The molecule has 0 amide bonds. The van der Waals surface area contributed by atoms with Crippen LogP contribution in [0.1, 0.15) is 0 Å². The lowest BCUT2D eigenvalue weighted by molar-refractivity contribution is -0.325. The highest BCUT2D eigenvalue weighted by Gasteiger charge is 2.02. The van der Waals surface area contributed by atoms with Crippen LogP contribution in [-0.2, 0) is 0 Å². The maximum absolute atomic E-state index is 5.74. The van der Waals surface area contributed by atoms with E-state index in [-0.39, 0.29) is 0 Å². The molecule has 4 heteroatoms. The molecule has 0 saturated carbocycles. The summed E-state index contributed by atoms with van der Waals surface area (Å²) in [4.78, 5) is 0. The zero-order valence-electron chi connectivity index (χ0n) is 5.20. The molecule has 0 heterocycles. The number of hydrogen-bond acceptors (Lipinski definition) is 1. The maximum atomic E-state index is 5.74. The number of rotatable bonds is 1. The first-order valence-electron chi connectivity index (χ1n) is 2.73. The fourth-order valence-corrected chi connectivity index (χ4v) is 1.20. The van der Waals surface area contributed by atoms with Crippen LogP contribution in [0.2, 0.25) is 10.0 Å². The molecule has 10 heavy (non-hydrogen) atoms. The monoisotopic (exact) mass is 177 g/mol. The largest absolute Gasteiger partial charge is 0.258 e. The first kappa shape index (κ1) is 7.66. The summed E-state index contributed by atoms with van der Waals surface area (Å²) in [7, 11) is 0. The van der Waals surface area contributed by atoms with Crippen molar-refractivity contribution < 1.29 is 5.84 Å². The van der Waals surface area contributed by atoms with Gasteiger partial charge in [-0.25, -0.2) is 5.43 Å². The van der Waals surface area contributed by atoms with Gasteiger partial charge in [0.25, 0.3) is 0 Å². The van der Waals surface area contributed by atoms with Crippen LogP contribution in [0.3, 0.4) is 0 Å². The number of nitrogens with one attached hydrogen (secondary N) is 1. The lowest BCUT2D eigenvalue weighted by Crippen LogP contribution is -2.56. The van der Waals surface area contributed by atoms with E-state index in [1.54, 1.807) is 18.2 Å². The summed E-state index contributed by atoms with van der Waals surface area (Å²) in [6.07, 6.45) is 0. The highest BCUT2D eigenvalue weighted by molar-refractivity contribution is 6.38. The van der Waals surface area contributed by atoms with Crippen LogP contribution < -0.4 is 11.3 Å². The van der Waals surface area contributed by atoms with E-state index in [1.165, 1.54) is 0 Å². The van der Waals surface area contributed by atoms with E-state index in [1.807, 2.05) is 0 Å². The maximum Gasteiger partial charge on any atom is 0.122 e.